The Morgan fingerprint density at radius 1 is 1.03 bits per heavy atom. The molecule has 1 aromatic carbocycles. The number of carbonyl (C=O) groups is 1. The van der Waals surface area contributed by atoms with Crippen LogP contribution in [0.2, 0.25) is 0 Å². The Morgan fingerprint density at radius 2 is 1.89 bits per heavy atom. The predicted molar refractivity (Wildman–Crippen MR) is 139 cm³/mol. The molecule has 3 aromatic heterocycles. The summed E-state index contributed by atoms with van der Waals surface area (Å²) in [5.41, 5.74) is 7.88. The van der Waals surface area contributed by atoms with Gasteiger partial charge in [-0.2, -0.15) is 10.2 Å². The van der Waals surface area contributed by atoms with Gasteiger partial charge in [0.2, 0.25) is 0 Å². The van der Waals surface area contributed by atoms with E-state index in [1.54, 1.807) is 17.1 Å². The van der Waals surface area contributed by atoms with Gasteiger partial charge in [-0.3, -0.25) is 14.5 Å². The molecular weight excluding hydrogens is 481 g/mol. The number of nitrogens with one attached hydrogen (secondary N) is 1. The molecule has 0 unspecified atom stereocenters. The number of benzene rings is 1. The largest absolute Gasteiger partial charge is 0.345 e. The molecule has 0 atom stereocenters. The molecule has 0 aliphatic heterocycles. The van der Waals surface area contributed by atoms with Crippen molar-refractivity contribution in [1.29, 1.82) is 0 Å². The highest BCUT2D eigenvalue weighted by Gasteiger charge is 2.35. The maximum atomic E-state index is 13.6. The maximum absolute atomic E-state index is 13.6. The fourth-order valence-electron chi connectivity index (χ4n) is 4.96. The number of rotatable bonds is 10. The minimum atomic E-state index is -0.272. The zero-order valence-corrected chi connectivity index (χ0v) is 21.0. The molecule has 192 valence electrons. The zero-order chi connectivity index (χ0) is 25.9. The number of allylic oxidation sites excluding steroid dienone is 1. The van der Waals surface area contributed by atoms with E-state index in [-0.39, 0.29) is 17.4 Å². The van der Waals surface area contributed by atoms with E-state index in [0.29, 0.717) is 19.0 Å². The number of hydrogen-bond acceptors (Lipinski definition) is 6. The van der Waals surface area contributed by atoms with Crippen LogP contribution in [0.25, 0.3) is 5.57 Å². The van der Waals surface area contributed by atoms with Gasteiger partial charge < -0.3 is 5.32 Å². The summed E-state index contributed by atoms with van der Waals surface area (Å²) in [6.45, 7) is 1.00. The number of fused-ring (bicyclic) bond motifs is 1. The number of hydrogen-bond donors (Lipinski definition) is 1. The number of aromatic nitrogens is 6. The minimum Gasteiger partial charge on any atom is -0.345 e. The molecule has 1 amide bonds. The molecule has 1 fully saturated rings. The number of unbranched alkanes of at least 4 members (excludes halogenated alkanes) is 1. The van der Waals surface area contributed by atoms with E-state index in [0.717, 1.165) is 53.9 Å². The highest BCUT2D eigenvalue weighted by molar-refractivity contribution is 5.91. The normalized spacial score (nSPS) is 14.6. The highest BCUT2D eigenvalue weighted by Crippen LogP contribution is 2.47. The van der Waals surface area contributed by atoms with Crippen molar-refractivity contribution in [2.45, 2.75) is 51.6 Å². The molecule has 2 aliphatic rings. The number of nitrogens with zero attached hydrogens (tertiary/aromatic N) is 6. The Kier molecular flexibility index (Phi) is 6.73. The molecule has 6 rings (SSSR count). The molecular formula is C29H28FN7O. The first-order valence-corrected chi connectivity index (χ1v) is 13.1. The molecule has 4 aromatic rings. The summed E-state index contributed by atoms with van der Waals surface area (Å²) in [5, 5.41) is 20.0. The van der Waals surface area contributed by atoms with Gasteiger partial charge in [-0.25, -0.2) is 4.39 Å². The lowest BCUT2D eigenvalue weighted by molar-refractivity contribution is 0.0945. The van der Waals surface area contributed by atoms with Crippen molar-refractivity contribution in [2.75, 3.05) is 0 Å². The fraction of sp³-hybridized carbons (Fsp3) is 0.310. The Morgan fingerprint density at radius 3 is 2.68 bits per heavy atom. The Balaban J connectivity index is 1.05. The second-order valence-corrected chi connectivity index (χ2v) is 9.88. The van der Waals surface area contributed by atoms with E-state index >= 15 is 0 Å². The average molecular weight is 510 g/mol. The second-order valence-electron chi connectivity index (χ2n) is 9.88. The SMILES string of the molecule is O=C(NCc1ccccn1)c1cn(CCCCc2cc3c(nn2)CC(C2CC2)=C3c2ccc(F)cc2)nn1. The van der Waals surface area contributed by atoms with Gasteiger partial charge in [0.05, 0.1) is 29.8 Å². The summed E-state index contributed by atoms with van der Waals surface area (Å²) in [4.78, 5) is 16.6. The number of amides is 1. The summed E-state index contributed by atoms with van der Waals surface area (Å²) in [6.07, 6.45) is 9.19. The molecule has 38 heavy (non-hydrogen) atoms. The topological polar surface area (TPSA) is 98.5 Å². The third-order valence-electron chi connectivity index (χ3n) is 7.07. The first kappa shape index (κ1) is 24.1. The van der Waals surface area contributed by atoms with Crippen LogP contribution >= 0.6 is 0 Å². The molecule has 8 nitrogen and oxygen atoms in total. The Hall–Kier alpha value is -4.27. The summed E-state index contributed by atoms with van der Waals surface area (Å²) < 4.78 is 15.3. The highest BCUT2D eigenvalue weighted by atomic mass is 19.1. The maximum Gasteiger partial charge on any atom is 0.273 e. The van der Waals surface area contributed by atoms with Crippen LogP contribution in [0.4, 0.5) is 4.39 Å². The van der Waals surface area contributed by atoms with Crippen molar-refractivity contribution >= 4 is 11.5 Å². The first-order valence-electron chi connectivity index (χ1n) is 13.1. The van der Waals surface area contributed by atoms with E-state index in [1.165, 1.54) is 36.1 Å². The van der Waals surface area contributed by atoms with E-state index in [9.17, 15) is 9.18 Å². The zero-order valence-electron chi connectivity index (χ0n) is 21.0. The molecule has 0 saturated heterocycles. The van der Waals surface area contributed by atoms with E-state index in [1.807, 2.05) is 30.3 Å². The van der Waals surface area contributed by atoms with Gasteiger partial charge in [0, 0.05) is 24.7 Å². The van der Waals surface area contributed by atoms with Crippen molar-refractivity contribution in [2.24, 2.45) is 5.92 Å². The fourth-order valence-corrected chi connectivity index (χ4v) is 4.96. The average Bonchev–Trinajstić information content (AvgIpc) is 3.56. The molecule has 1 N–H and O–H groups in total. The van der Waals surface area contributed by atoms with E-state index < -0.39 is 0 Å². The lowest BCUT2D eigenvalue weighted by Gasteiger charge is -2.09. The number of pyridine rings is 1. The van der Waals surface area contributed by atoms with E-state index in [2.05, 4.69) is 36.9 Å². The van der Waals surface area contributed by atoms with Gasteiger partial charge in [-0.1, -0.05) is 29.0 Å². The molecule has 3 heterocycles. The number of aryl methyl sites for hydroxylation is 2. The smallest absolute Gasteiger partial charge is 0.273 e. The molecule has 2 aliphatic carbocycles. The Labute approximate surface area is 220 Å². The van der Waals surface area contributed by atoms with Crippen molar-refractivity contribution in [3.05, 3.63) is 106 Å². The van der Waals surface area contributed by atoms with Crippen LogP contribution < -0.4 is 5.32 Å². The summed E-state index contributed by atoms with van der Waals surface area (Å²) in [7, 11) is 0. The minimum absolute atomic E-state index is 0.223. The molecule has 0 spiro atoms. The quantitative estimate of drug-likeness (QED) is 0.320. The van der Waals surface area contributed by atoms with Gasteiger partial charge in [0.15, 0.2) is 5.69 Å². The third kappa shape index (κ3) is 5.37. The third-order valence-corrected chi connectivity index (χ3v) is 7.07. The molecule has 9 heteroatoms. The van der Waals surface area contributed by atoms with Crippen molar-refractivity contribution in [1.82, 2.24) is 35.5 Å². The van der Waals surface area contributed by atoms with Gasteiger partial charge in [0.25, 0.3) is 5.91 Å². The first-order chi connectivity index (χ1) is 18.6. The summed E-state index contributed by atoms with van der Waals surface area (Å²) >= 11 is 0. The van der Waals surface area contributed by atoms with Gasteiger partial charge in [-0.15, -0.1) is 5.10 Å². The van der Waals surface area contributed by atoms with Gasteiger partial charge in [-0.05, 0) is 79.5 Å². The molecule has 0 bridgehead atoms. The van der Waals surface area contributed by atoms with Crippen molar-refractivity contribution in [3.8, 4) is 0 Å². The number of halogens is 1. The lowest BCUT2D eigenvalue weighted by Crippen LogP contribution is -2.23. The lowest BCUT2D eigenvalue weighted by atomic mass is 9.96. The van der Waals surface area contributed by atoms with Crippen LogP contribution in [-0.4, -0.2) is 36.1 Å². The standard InChI is InChI=1S/C29H28FN7O/c30-21-11-9-20(10-12-21)28-24(19-7-8-19)16-26-25(28)15-22(33-34-26)5-2-4-14-37-18-27(35-36-37)29(38)32-17-23-6-1-3-13-31-23/h1,3,6,9-13,15,18-19H,2,4-5,7-8,14,16-17H2,(H,32,38). The van der Waals surface area contributed by atoms with Crippen LogP contribution in [-0.2, 0) is 25.9 Å². The Bertz CT molecular complexity index is 1480. The van der Waals surface area contributed by atoms with Gasteiger partial charge >= 0.3 is 0 Å². The second kappa shape index (κ2) is 10.6. The van der Waals surface area contributed by atoms with Crippen LogP contribution in [0.15, 0.2) is 66.5 Å². The molecule has 1 saturated carbocycles. The number of carbonyl (C=O) groups excluding carboxylic acids is 1. The monoisotopic (exact) mass is 509 g/mol. The van der Waals surface area contributed by atoms with Gasteiger partial charge in [0.1, 0.15) is 5.82 Å². The summed E-state index contributed by atoms with van der Waals surface area (Å²) in [5.74, 6) is 0.113. The summed E-state index contributed by atoms with van der Waals surface area (Å²) in [6, 6.07) is 14.5. The van der Waals surface area contributed by atoms with Crippen LogP contribution in [0.3, 0.4) is 0 Å². The van der Waals surface area contributed by atoms with Crippen molar-refractivity contribution < 1.29 is 9.18 Å². The van der Waals surface area contributed by atoms with Crippen molar-refractivity contribution in [3.63, 3.8) is 0 Å². The molecule has 0 radical (unpaired) electrons. The van der Waals surface area contributed by atoms with Crippen LogP contribution in [0, 0.1) is 11.7 Å². The van der Waals surface area contributed by atoms with Crippen LogP contribution in [0.1, 0.15) is 64.4 Å². The van der Waals surface area contributed by atoms with E-state index in [4.69, 9.17) is 0 Å². The van der Waals surface area contributed by atoms with Crippen LogP contribution in [0.5, 0.6) is 0 Å². The predicted octanol–water partition coefficient (Wildman–Crippen LogP) is 4.32.